The van der Waals surface area contributed by atoms with Crippen molar-refractivity contribution in [3.63, 3.8) is 0 Å². The number of aryl methyl sites for hydroxylation is 1. The first-order valence-corrected chi connectivity index (χ1v) is 9.70. The molecule has 0 bridgehead atoms. The Labute approximate surface area is 128 Å². The minimum atomic E-state index is -0.157. The molecule has 3 rings (SSSR count). The standard InChI is InChI=1S/C13H15FIN3S/c1-8-6-10-12(9-2-4-16-5-3-9)11(14)7-17-13(10)18(8)19-15/h6-7,9,16H,2-5H2,1H3. The number of aromatic nitrogens is 2. The Kier molecular flexibility index (Phi) is 4.00. The molecule has 1 N–H and O–H groups in total. The fourth-order valence-electron chi connectivity index (χ4n) is 2.86. The van der Waals surface area contributed by atoms with E-state index >= 15 is 0 Å². The summed E-state index contributed by atoms with van der Waals surface area (Å²) in [6.07, 6.45) is 3.37. The summed E-state index contributed by atoms with van der Waals surface area (Å²) in [5, 5.41) is 4.31. The number of hydrogen-bond donors (Lipinski definition) is 1. The van der Waals surface area contributed by atoms with Crippen LogP contribution in [-0.4, -0.2) is 22.0 Å². The molecule has 1 fully saturated rings. The summed E-state index contributed by atoms with van der Waals surface area (Å²) in [7, 11) is 1.58. The lowest BCUT2D eigenvalue weighted by Crippen LogP contribution is -2.27. The monoisotopic (exact) mass is 391 g/mol. The second-order valence-electron chi connectivity index (χ2n) is 4.93. The maximum absolute atomic E-state index is 14.2. The van der Waals surface area contributed by atoms with Gasteiger partial charge in [-0.1, -0.05) is 0 Å². The molecule has 1 aliphatic rings. The Hall–Kier alpha value is -0.340. The van der Waals surface area contributed by atoms with Gasteiger partial charge >= 0.3 is 0 Å². The van der Waals surface area contributed by atoms with Gasteiger partial charge in [-0.15, -0.1) is 0 Å². The molecule has 1 aliphatic heterocycles. The van der Waals surface area contributed by atoms with Crippen LogP contribution >= 0.6 is 30.3 Å². The molecule has 0 aromatic carbocycles. The molecule has 19 heavy (non-hydrogen) atoms. The van der Waals surface area contributed by atoms with Gasteiger partial charge < -0.3 is 5.32 Å². The Balaban J connectivity index is 2.18. The zero-order valence-electron chi connectivity index (χ0n) is 10.6. The highest BCUT2D eigenvalue weighted by molar-refractivity contribution is 14.2. The van der Waals surface area contributed by atoms with Crippen LogP contribution in [0, 0.1) is 12.7 Å². The van der Waals surface area contributed by atoms with Gasteiger partial charge in [0.25, 0.3) is 0 Å². The van der Waals surface area contributed by atoms with Gasteiger partial charge in [-0.2, -0.15) is 0 Å². The zero-order valence-corrected chi connectivity index (χ0v) is 13.6. The summed E-state index contributed by atoms with van der Waals surface area (Å²) in [6, 6.07) is 2.06. The van der Waals surface area contributed by atoms with E-state index in [1.165, 1.54) is 6.20 Å². The van der Waals surface area contributed by atoms with Crippen LogP contribution in [0.3, 0.4) is 0 Å². The van der Waals surface area contributed by atoms with E-state index in [2.05, 4.69) is 41.5 Å². The number of nitrogens with one attached hydrogen (secondary N) is 1. The van der Waals surface area contributed by atoms with Crippen molar-refractivity contribution in [3.8, 4) is 0 Å². The number of piperidine rings is 1. The second kappa shape index (κ2) is 5.57. The molecular weight excluding hydrogens is 376 g/mol. The van der Waals surface area contributed by atoms with Crippen molar-refractivity contribution in [2.24, 2.45) is 0 Å². The van der Waals surface area contributed by atoms with Crippen molar-refractivity contribution >= 4 is 41.4 Å². The maximum atomic E-state index is 14.2. The van der Waals surface area contributed by atoms with Gasteiger partial charge in [-0.3, -0.25) is 3.97 Å². The molecule has 2 aromatic heterocycles. The predicted molar refractivity (Wildman–Crippen MR) is 86.3 cm³/mol. The molecule has 3 nitrogen and oxygen atoms in total. The van der Waals surface area contributed by atoms with Gasteiger partial charge in [0.2, 0.25) is 0 Å². The average Bonchev–Trinajstić information content (AvgIpc) is 2.74. The zero-order chi connectivity index (χ0) is 13.4. The third-order valence-electron chi connectivity index (χ3n) is 3.77. The summed E-state index contributed by atoms with van der Waals surface area (Å²) >= 11 is 2.23. The van der Waals surface area contributed by atoms with E-state index in [9.17, 15) is 4.39 Å². The molecule has 0 radical (unpaired) electrons. The van der Waals surface area contributed by atoms with Gasteiger partial charge in [0, 0.05) is 47.0 Å². The summed E-state index contributed by atoms with van der Waals surface area (Å²) < 4.78 is 16.3. The van der Waals surface area contributed by atoms with Crippen molar-refractivity contribution in [1.29, 1.82) is 0 Å². The van der Waals surface area contributed by atoms with Gasteiger partial charge in [0.15, 0.2) is 5.65 Å². The number of pyridine rings is 1. The number of hydrogen-bond acceptors (Lipinski definition) is 3. The third-order valence-corrected chi connectivity index (χ3v) is 5.55. The van der Waals surface area contributed by atoms with Crippen LogP contribution in [0.4, 0.5) is 4.39 Å². The van der Waals surface area contributed by atoms with E-state index in [0.29, 0.717) is 5.92 Å². The summed E-state index contributed by atoms with van der Waals surface area (Å²) in [5.74, 6) is 0.149. The molecule has 0 spiro atoms. The fourth-order valence-corrected chi connectivity index (χ4v) is 4.72. The molecule has 0 unspecified atom stereocenters. The fraction of sp³-hybridized carbons (Fsp3) is 0.462. The van der Waals surface area contributed by atoms with Crippen LogP contribution in [0.5, 0.6) is 0 Å². The van der Waals surface area contributed by atoms with E-state index in [1.54, 1.807) is 9.12 Å². The van der Waals surface area contributed by atoms with Crippen molar-refractivity contribution in [1.82, 2.24) is 14.3 Å². The molecule has 3 heterocycles. The molecule has 0 aliphatic carbocycles. The molecule has 0 saturated carbocycles. The van der Waals surface area contributed by atoms with Gasteiger partial charge in [0.05, 0.1) is 6.20 Å². The van der Waals surface area contributed by atoms with Crippen molar-refractivity contribution in [2.75, 3.05) is 13.1 Å². The molecule has 102 valence electrons. The summed E-state index contributed by atoms with van der Waals surface area (Å²) in [4.78, 5) is 4.27. The van der Waals surface area contributed by atoms with Gasteiger partial charge in [-0.05, 0) is 44.8 Å². The SMILES string of the molecule is Cc1cc2c(C3CCNCC3)c(F)cnc2n1SI. The Morgan fingerprint density at radius 1 is 1.47 bits per heavy atom. The second-order valence-corrected chi connectivity index (χ2v) is 6.62. The lowest BCUT2D eigenvalue weighted by molar-refractivity contribution is 0.447. The van der Waals surface area contributed by atoms with Crippen molar-refractivity contribution in [3.05, 3.63) is 29.3 Å². The molecule has 0 atom stereocenters. The van der Waals surface area contributed by atoms with Crippen LogP contribution in [0.15, 0.2) is 12.3 Å². The normalized spacial score (nSPS) is 17.2. The third kappa shape index (κ3) is 2.38. The van der Waals surface area contributed by atoms with E-state index < -0.39 is 0 Å². The van der Waals surface area contributed by atoms with E-state index in [0.717, 1.165) is 48.2 Å². The van der Waals surface area contributed by atoms with E-state index in [1.807, 2.05) is 6.92 Å². The Morgan fingerprint density at radius 3 is 2.89 bits per heavy atom. The lowest BCUT2D eigenvalue weighted by atomic mass is 9.88. The highest BCUT2D eigenvalue weighted by Crippen LogP contribution is 2.36. The number of rotatable bonds is 2. The average molecular weight is 391 g/mol. The minimum Gasteiger partial charge on any atom is -0.317 e. The number of nitrogens with zero attached hydrogens (tertiary/aromatic N) is 2. The van der Waals surface area contributed by atoms with Gasteiger partial charge in [-0.25, -0.2) is 9.37 Å². The highest BCUT2D eigenvalue weighted by atomic mass is 127. The summed E-state index contributed by atoms with van der Waals surface area (Å²) in [5.41, 5.74) is 2.85. The molecule has 2 aromatic rings. The first kappa shape index (κ1) is 13.6. The minimum absolute atomic E-state index is 0.157. The molecule has 0 amide bonds. The summed E-state index contributed by atoms with van der Waals surface area (Å²) in [6.45, 7) is 3.97. The molecule has 1 saturated heterocycles. The van der Waals surface area contributed by atoms with E-state index in [4.69, 9.17) is 0 Å². The van der Waals surface area contributed by atoms with Crippen LogP contribution in [0.25, 0.3) is 11.0 Å². The molecular formula is C13H15FIN3S. The van der Waals surface area contributed by atoms with Gasteiger partial charge in [0.1, 0.15) is 5.82 Å². The Bertz CT molecular complexity index is 607. The largest absolute Gasteiger partial charge is 0.317 e. The van der Waals surface area contributed by atoms with Crippen LogP contribution in [0.2, 0.25) is 0 Å². The first-order chi connectivity index (χ1) is 9.22. The lowest BCUT2D eigenvalue weighted by Gasteiger charge is -2.23. The number of fused-ring (bicyclic) bond motifs is 1. The smallest absolute Gasteiger partial charge is 0.151 e. The van der Waals surface area contributed by atoms with Crippen LogP contribution in [-0.2, 0) is 0 Å². The molecule has 6 heteroatoms. The van der Waals surface area contributed by atoms with Crippen LogP contribution in [0.1, 0.15) is 30.0 Å². The first-order valence-electron chi connectivity index (χ1n) is 6.38. The quantitative estimate of drug-likeness (QED) is 0.790. The maximum Gasteiger partial charge on any atom is 0.151 e. The predicted octanol–water partition coefficient (Wildman–Crippen LogP) is 3.80. The van der Waals surface area contributed by atoms with Crippen molar-refractivity contribution < 1.29 is 4.39 Å². The Morgan fingerprint density at radius 2 is 2.21 bits per heavy atom. The number of halogens is 2. The topological polar surface area (TPSA) is 29.9 Å². The highest BCUT2D eigenvalue weighted by Gasteiger charge is 2.23. The van der Waals surface area contributed by atoms with E-state index in [-0.39, 0.29) is 5.82 Å². The van der Waals surface area contributed by atoms with Crippen LogP contribution < -0.4 is 5.32 Å². The van der Waals surface area contributed by atoms with Crippen molar-refractivity contribution in [2.45, 2.75) is 25.7 Å².